The fourth-order valence-electron chi connectivity index (χ4n) is 2.07. The smallest absolute Gasteiger partial charge is 0.321 e. The Hall–Kier alpha value is -2.04. The van der Waals surface area contributed by atoms with Crippen LogP contribution in [0.1, 0.15) is 6.92 Å². The molecule has 2 amide bonds. The largest absolute Gasteiger partial charge is 0.368 e. The van der Waals surface area contributed by atoms with Crippen LogP contribution in [-0.4, -0.2) is 37.1 Å². The van der Waals surface area contributed by atoms with Gasteiger partial charge in [0.15, 0.2) is 0 Å². The fourth-order valence-corrected chi connectivity index (χ4v) is 2.07. The van der Waals surface area contributed by atoms with Gasteiger partial charge in [-0.05, 0) is 31.2 Å². The Kier molecular flexibility index (Phi) is 4.39. The Labute approximate surface area is 112 Å². The summed E-state index contributed by atoms with van der Waals surface area (Å²) in [5.41, 5.74) is 0.995. The average Bonchev–Trinajstić information content (AvgIpc) is 2.46. The summed E-state index contributed by atoms with van der Waals surface area (Å²) < 4.78 is 12.9. The fraction of sp³-hybridized carbons (Fsp3) is 0.357. The summed E-state index contributed by atoms with van der Waals surface area (Å²) in [5.74, 6) is -0.229. The number of halogens is 1. The van der Waals surface area contributed by atoms with Gasteiger partial charge in [-0.2, -0.15) is 0 Å². The normalized spacial score (nSPS) is 15.9. The van der Waals surface area contributed by atoms with Crippen LogP contribution in [0.3, 0.4) is 0 Å². The molecule has 0 bridgehead atoms. The lowest BCUT2D eigenvalue weighted by Gasteiger charge is -2.35. The van der Waals surface area contributed by atoms with Crippen molar-refractivity contribution in [3.8, 4) is 0 Å². The number of carbonyl (C=O) groups is 1. The van der Waals surface area contributed by atoms with Crippen molar-refractivity contribution < 1.29 is 9.18 Å². The standard InChI is InChI=1S/C14H18FN3O/c1-2-7-16-14(19)18-10-8-17(9-11-18)13-5-3-12(15)4-6-13/h2-7H,8-11H2,1H3,(H,16,19)/b7-2+. The second-order valence-electron chi connectivity index (χ2n) is 4.40. The molecule has 1 aromatic carbocycles. The number of hydrogen-bond donors (Lipinski definition) is 1. The van der Waals surface area contributed by atoms with Crippen molar-refractivity contribution in [1.29, 1.82) is 0 Å². The van der Waals surface area contributed by atoms with Crippen LogP contribution >= 0.6 is 0 Å². The van der Waals surface area contributed by atoms with E-state index in [1.54, 1.807) is 29.3 Å². The number of piperazine rings is 1. The topological polar surface area (TPSA) is 35.6 Å². The van der Waals surface area contributed by atoms with Gasteiger partial charge in [0.05, 0.1) is 0 Å². The second-order valence-corrected chi connectivity index (χ2v) is 4.40. The number of urea groups is 1. The number of benzene rings is 1. The molecule has 1 aliphatic rings. The lowest BCUT2D eigenvalue weighted by atomic mass is 10.2. The molecule has 0 spiro atoms. The molecular weight excluding hydrogens is 245 g/mol. The van der Waals surface area contributed by atoms with E-state index in [4.69, 9.17) is 0 Å². The van der Waals surface area contributed by atoms with E-state index in [2.05, 4.69) is 10.2 Å². The molecule has 5 heteroatoms. The van der Waals surface area contributed by atoms with Gasteiger partial charge < -0.3 is 15.1 Å². The number of carbonyl (C=O) groups excluding carboxylic acids is 1. The molecular formula is C14H18FN3O. The summed E-state index contributed by atoms with van der Waals surface area (Å²) >= 11 is 0. The molecule has 1 heterocycles. The molecule has 19 heavy (non-hydrogen) atoms. The highest BCUT2D eigenvalue weighted by molar-refractivity contribution is 5.75. The zero-order chi connectivity index (χ0) is 13.7. The second kappa shape index (κ2) is 6.22. The van der Waals surface area contributed by atoms with Crippen LogP contribution in [0.2, 0.25) is 0 Å². The van der Waals surface area contributed by atoms with Gasteiger partial charge in [-0.25, -0.2) is 9.18 Å². The lowest BCUT2D eigenvalue weighted by Crippen LogP contribution is -2.51. The molecule has 4 nitrogen and oxygen atoms in total. The first-order valence-corrected chi connectivity index (χ1v) is 6.38. The molecule has 1 aromatic rings. The van der Waals surface area contributed by atoms with Crippen LogP contribution in [0.4, 0.5) is 14.9 Å². The van der Waals surface area contributed by atoms with Gasteiger partial charge in [-0.1, -0.05) is 6.08 Å². The Bertz CT molecular complexity index is 450. The molecule has 0 atom stereocenters. The number of nitrogens with one attached hydrogen (secondary N) is 1. The number of amides is 2. The highest BCUT2D eigenvalue weighted by Gasteiger charge is 2.20. The number of anilines is 1. The molecule has 0 aromatic heterocycles. The molecule has 102 valence electrons. The van der Waals surface area contributed by atoms with E-state index in [0.717, 1.165) is 18.8 Å². The maximum atomic E-state index is 12.9. The zero-order valence-electron chi connectivity index (χ0n) is 11.0. The van der Waals surface area contributed by atoms with Gasteiger partial charge >= 0.3 is 6.03 Å². The summed E-state index contributed by atoms with van der Waals surface area (Å²) in [4.78, 5) is 15.7. The van der Waals surface area contributed by atoms with E-state index in [9.17, 15) is 9.18 Å². The van der Waals surface area contributed by atoms with Gasteiger partial charge in [-0.15, -0.1) is 0 Å². The van der Waals surface area contributed by atoms with Gasteiger partial charge in [-0.3, -0.25) is 0 Å². The molecule has 1 saturated heterocycles. The predicted molar refractivity (Wildman–Crippen MR) is 73.5 cm³/mol. The lowest BCUT2D eigenvalue weighted by molar-refractivity contribution is 0.198. The van der Waals surface area contributed by atoms with Gasteiger partial charge in [0, 0.05) is 38.1 Å². The Morgan fingerprint density at radius 2 is 1.84 bits per heavy atom. The maximum Gasteiger partial charge on any atom is 0.321 e. The molecule has 0 aliphatic carbocycles. The summed E-state index contributed by atoms with van der Waals surface area (Å²) in [6.07, 6.45) is 3.42. The first kappa shape index (κ1) is 13.4. The Morgan fingerprint density at radius 3 is 2.42 bits per heavy atom. The van der Waals surface area contributed by atoms with Crippen molar-refractivity contribution in [1.82, 2.24) is 10.2 Å². The molecule has 1 aliphatic heterocycles. The Balaban J connectivity index is 1.88. The van der Waals surface area contributed by atoms with E-state index in [1.807, 2.05) is 6.92 Å². The third-order valence-corrected chi connectivity index (χ3v) is 3.13. The predicted octanol–water partition coefficient (Wildman–Crippen LogP) is 2.19. The van der Waals surface area contributed by atoms with E-state index >= 15 is 0 Å². The van der Waals surface area contributed by atoms with Crippen molar-refractivity contribution in [3.05, 3.63) is 42.4 Å². The highest BCUT2D eigenvalue weighted by Crippen LogP contribution is 2.16. The molecule has 1 N–H and O–H groups in total. The maximum absolute atomic E-state index is 12.9. The van der Waals surface area contributed by atoms with E-state index < -0.39 is 0 Å². The third-order valence-electron chi connectivity index (χ3n) is 3.13. The number of rotatable bonds is 2. The van der Waals surface area contributed by atoms with Crippen LogP contribution in [-0.2, 0) is 0 Å². The molecule has 0 unspecified atom stereocenters. The minimum absolute atomic E-state index is 0.0724. The Morgan fingerprint density at radius 1 is 1.21 bits per heavy atom. The minimum Gasteiger partial charge on any atom is -0.368 e. The first-order valence-electron chi connectivity index (χ1n) is 6.38. The van der Waals surface area contributed by atoms with Crippen LogP contribution < -0.4 is 10.2 Å². The third kappa shape index (κ3) is 3.47. The first-order chi connectivity index (χ1) is 9.20. The number of hydrogen-bond acceptors (Lipinski definition) is 2. The van der Waals surface area contributed by atoms with Gasteiger partial charge in [0.1, 0.15) is 5.82 Å². The molecule has 0 saturated carbocycles. The van der Waals surface area contributed by atoms with Crippen molar-refractivity contribution in [2.24, 2.45) is 0 Å². The summed E-state index contributed by atoms with van der Waals surface area (Å²) in [5, 5.41) is 2.70. The van der Waals surface area contributed by atoms with E-state index in [-0.39, 0.29) is 11.8 Å². The minimum atomic E-state index is -0.229. The highest BCUT2D eigenvalue weighted by atomic mass is 19.1. The molecule has 2 rings (SSSR count). The van der Waals surface area contributed by atoms with E-state index in [1.165, 1.54) is 12.1 Å². The number of nitrogens with zero attached hydrogens (tertiary/aromatic N) is 2. The van der Waals surface area contributed by atoms with Crippen LogP contribution in [0.5, 0.6) is 0 Å². The summed E-state index contributed by atoms with van der Waals surface area (Å²) in [6.45, 7) is 4.71. The van der Waals surface area contributed by atoms with Gasteiger partial charge in [0.2, 0.25) is 0 Å². The number of allylic oxidation sites excluding steroid dienone is 1. The quantitative estimate of drug-likeness (QED) is 0.887. The monoisotopic (exact) mass is 263 g/mol. The van der Waals surface area contributed by atoms with E-state index in [0.29, 0.717) is 13.1 Å². The SMILES string of the molecule is C/C=C/NC(=O)N1CCN(c2ccc(F)cc2)CC1. The van der Waals surface area contributed by atoms with Crippen LogP contribution in [0.15, 0.2) is 36.5 Å². The summed E-state index contributed by atoms with van der Waals surface area (Å²) in [6, 6.07) is 6.38. The van der Waals surface area contributed by atoms with Crippen LogP contribution in [0, 0.1) is 5.82 Å². The summed E-state index contributed by atoms with van der Waals surface area (Å²) in [7, 11) is 0. The van der Waals surface area contributed by atoms with Crippen molar-refractivity contribution in [3.63, 3.8) is 0 Å². The van der Waals surface area contributed by atoms with Crippen molar-refractivity contribution in [2.75, 3.05) is 31.1 Å². The zero-order valence-corrected chi connectivity index (χ0v) is 11.0. The van der Waals surface area contributed by atoms with Gasteiger partial charge in [0.25, 0.3) is 0 Å². The molecule has 1 fully saturated rings. The molecule has 0 radical (unpaired) electrons. The van der Waals surface area contributed by atoms with Crippen molar-refractivity contribution >= 4 is 11.7 Å². The van der Waals surface area contributed by atoms with Crippen molar-refractivity contribution in [2.45, 2.75) is 6.92 Å². The average molecular weight is 263 g/mol. The van der Waals surface area contributed by atoms with Crippen LogP contribution in [0.25, 0.3) is 0 Å².